The van der Waals surface area contributed by atoms with Gasteiger partial charge in [-0.2, -0.15) is 0 Å². The number of carbonyl (C=O) groups excluding carboxylic acids is 1. The number of H-pyrrole nitrogens is 1. The molecule has 0 saturated carbocycles. The Morgan fingerprint density at radius 1 is 1.33 bits per heavy atom. The van der Waals surface area contributed by atoms with Crippen LogP contribution in [0.25, 0.3) is 10.9 Å². The monoisotopic (exact) mass is 353 g/mol. The predicted octanol–water partition coefficient (Wildman–Crippen LogP) is 1.92. The maximum Gasteiger partial charge on any atom is 0.258 e. The van der Waals surface area contributed by atoms with Gasteiger partial charge in [0.05, 0.1) is 31.7 Å². The zero-order chi connectivity index (χ0) is 17.9. The molecular formula is C16H20ClN3O4. The van der Waals surface area contributed by atoms with Crippen molar-refractivity contribution in [3.63, 3.8) is 0 Å². The first-order valence-electron chi connectivity index (χ1n) is 7.49. The van der Waals surface area contributed by atoms with Gasteiger partial charge in [0.15, 0.2) is 11.5 Å². The first-order chi connectivity index (χ1) is 11.4. The quantitative estimate of drug-likeness (QED) is 0.802. The highest BCUT2D eigenvalue weighted by atomic mass is 35.5. The van der Waals surface area contributed by atoms with Crippen LogP contribution in [-0.4, -0.2) is 46.9 Å². The number of ether oxygens (including phenoxy) is 2. The fraction of sp³-hybridized carbons (Fsp3) is 0.438. The Morgan fingerprint density at radius 2 is 1.96 bits per heavy atom. The highest BCUT2D eigenvalue weighted by molar-refractivity contribution is 6.30. The van der Waals surface area contributed by atoms with Crippen molar-refractivity contribution in [3.8, 4) is 11.5 Å². The number of aromatic amines is 1. The van der Waals surface area contributed by atoms with Gasteiger partial charge in [-0.3, -0.25) is 9.59 Å². The van der Waals surface area contributed by atoms with Gasteiger partial charge in [-0.05, 0) is 19.9 Å². The van der Waals surface area contributed by atoms with E-state index in [-0.39, 0.29) is 18.0 Å². The zero-order valence-electron chi connectivity index (χ0n) is 14.1. The number of hydrogen-bond acceptors (Lipinski definition) is 5. The molecule has 1 N–H and O–H groups in total. The van der Waals surface area contributed by atoms with Gasteiger partial charge in [-0.25, -0.2) is 4.98 Å². The number of amides is 1. The molecule has 0 aliphatic rings. The molecule has 8 heteroatoms. The molecule has 1 atom stereocenters. The summed E-state index contributed by atoms with van der Waals surface area (Å²) in [5.41, 5.74) is 0.159. The average molecular weight is 354 g/mol. The number of halogens is 1. The Labute approximate surface area is 144 Å². The Morgan fingerprint density at radius 3 is 2.50 bits per heavy atom. The number of rotatable bonds is 6. The summed E-state index contributed by atoms with van der Waals surface area (Å²) in [4.78, 5) is 33.0. The third-order valence-corrected chi connectivity index (χ3v) is 3.82. The summed E-state index contributed by atoms with van der Waals surface area (Å²) in [5.74, 6) is 1.10. The number of carbonyl (C=O) groups is 1. The van der Waals surface area contributed by atoms with Crippen molar-refractivity contribution in [2.24, 2.45) is 0 Å². The lowest BCUT2D eigenvalue weighted by Crippen LogP contribution is -2.36. The molecule has 7 nitrogen and oxygen atoms in total. The van der Waals surface area contributed by atoms with Crippen molar-refractivity contribution >= 4 is 28.4 Å². The van der Waals surface area contributed by atoms with Gasteiger partial charge < -0.3 is 19.4 Å². The lowest BCUT2D eigenvalue weighted by Gasteiger charge is -2.21. The van der Waals surface area contributed by atoms with Crippen LogP contribution in [0.3, 0.4) is 0 Å². The second-order valence-electron chi connectivity index (χ2n) is 5.21. The Hall–Kier alpha value is -2.28. The van der Waals surface area contributed by atoms with E-state index in [0.29, 0.717) is 34.8 Å². The van der Waals surface area contributed by atoms with Gasteiger partial charge in [-0.15, -0.1) is 11.6 Å². The summed E-state index contributed by atoms with van der Waals surface area (Å²) in [6.07, 6.45) is 0. The topological polar surface area (TPSA) is 84.5 Å². The third-order valence-electron chi connectivity index (χ3n) is 3.63. The van der Waals surface area contributed by atoms with E-state index in [4.69, 9.17) is 21.1 Å². The number of aromatic nitrogens is 2. The maximum atomic E-state index is 12.3. The first kappa shape index (κ1) is 18.1. The second-order valence-corrected chi connectivity index (χ2v) is 5.86. The molecule has 2 rings (SSSR count). The molecule has 130 valence electrons. The smallest absolute Gasteiger partial charge is 0.258 e. The molecule has 24 heavy (non-hydrogen) atoms. The van der Waals surface area contributed by atoms with Crippen LogP contribution in [0.5, 0.6) is 11.5 Å². The van der Waals surface area contributed by atoms with Gasteiger partial charge in [0.1, 0.15) is 11.2 Å². The number of nitrogens with zero attached hydrogens (tertiary/aromatic N) is 2. The second kappa shape index (κ2) is 7.53. The van der Waals surface area contributed by atoms with Crippen LogP contribution >= 0.6 is 11.6 Å². The van der Waals surface area contributed by atoms with Crippen molar-refractivity contribution in [1.29, 1.82) is 0 Å². The zero-order valence-corrected chi connectivity index (χ0v) is 14.8. The molecule has 0 radical (unpaired) electrons. The van der Waals surface area contributed by atoms with Gasteiger partial charge in [0.25, 0.3) is 5.56 Å². The molecule has 2 aromatic rings. The summed E-state index contributed by atoms with van der Waals surface area (Å²) >= 11 is 5.85. The van der Waals surface area contributed by atoms with E-state index in [0.717, 1.165) is 0 Å². The number of methoxy groups -OCH3 is 2. The molecule has 1 aromatic carbocycles. The number of alkyl halides is 1. The Balaban J connectivity index is 2.46. The van der Waals surface area contributed by atoms with Crippen molar-refractivity contribution in [2.45, 2.75) is 25.8 Å². The molecule has 1 aromatic heterocycles. The lowest BCUT2D eigenvalue weighted by atomic mass is 10.2. The molecule has 1 heterocycles. The molecule has 0 aliphatic heterocycles. The van der Waals surface area contributed by atoms with Gasteiger partial charge >= 0.3 is 0 Å². The van der Waals surface area contributed by atoms with Crippen LogP contribution < -0.4 is 15.0 Å². The van der Waals surface area contributed by atoms with E-state index < -0.39 is 5.38 Å². The Kier molecular flexibility index (Phi) is 5.66. The molecule has 0 bridgehead atoms. The fourth-order valence-electron chi connectivity index (χ4n) is 2.37. The predicted molar refractivity (Wildman–Crippen MR) is 91.9 cm³/mol. The van der Waals surface area contributed by atoms with Crippen LogP contribution in [0.15, 0.2) is 16.9 Å². The first-order valence-corrected chi connectivity index (χ1v) is 7.92. The number of nitrogens with one attached hydrogen (secondary N) is 1. The summed E-state index contributed by atoms with van der Waals surface area (Å²) in [6, 6.07) is 3.21. The number of benzene rings is 1. The van der Waals surface area contributed by atoms with Crippen LogP contribution in [-0.2, 0) is 11.3 Å². The summed E-state index contributed by atoms with van der Waals surface area (Å²) < 4.78 is 10.4. The third kappa shape index (κ3) is 3.62. The van der Waals surface area contributed by atoms with Gasteiger partial charge in [-0.1, -0.05) is 0 Å². The lowest BCUT2D eigenvalue weighted by molar-refractivity contribution is -0.131. The van der Waals surface area contributed by atoms with E-state index in [1.165, 1.54) is 19.1 Å². The van der Waals surface area contributed by atoms with Crippen LogP contribution in [0.2, 0.25) is 0 Å². The fourth-order valence-corrected chi connectivity index (χ4v) is 2.51. The summed E-state index contributed by atoms with van der Waals surface area (Å²) in [5, 5.41) is -0.252. The van der Waals surface area contributed by atoms with E-state index >= 15 is 0 Å². The maximum absolute atomic E-state index is 12.3. The van der Waals surface area contributed by atoms with Gasteiger partial charge in [0, 0.05) is 12.6 Å². The van der Waals surface area contributed by atoms with Crippen molar-refractivity contribution in [3.05, 3.63) is 28.3 Å². The minimum Gasteiger partial charge on any atom is -0.493 e. The van der Waals surface area contributed by atoms with E-state index in [1.54, 1.807) is 19.1 Å². The van der Waals surface area contributed by atoms with Crippen LogP contribution in [0.4, 0.5) is 0 Å². The number of fused-ring (bicyclic) bond motifs is 1. The van der Waals surface area contributed by atoms with Crippen molar-refractivity contribution in [2.75, 3.05) is 20.8 Å². The van der Waals surface area contributed by atoms with E-state index in [1.807, 2.05) is 6.92 Å². The molecule has 0 saturated heterocycles. The van der Waals surface area contributed by atoms with E-state index in [9.17, 15) is 9.59 Å². The Bertz CT molecular complexity index is 804. The summed E-state index contributed by atoms with van der Waals surface area (Å²) in [7, 11) is 3.01. The highest BCUT2D eigenvalue weighted by Crippen LogP contribution is 2.29. The number of hydrogen-bond donors (Lipinski definition) is 1. The molecule has 0 spiro atoms. The SMILES string of the molecule is CCN(Cc1nc2cc(OC)c(OC)cc2c(=O)[nH]1)C(=O)C(C)Cl. The highest BCUT2D eigenvalue weighted by Gasteiger charge is 2.19. The normalized spacial score (nSPS) is 12.0. The molecule has 0 fully saturated rings. The van der Waals surface area contributed by atoms with Crippen LogP contribution in [0.1, 0.15) is 19.7 Å². The van der Waals surface area contributed by atoms with Crippen LogP contribution in [0, 0.1) is 0 Å². The molecule has 0 aliphatic carbocycles. The molecular weight excluding hydrogens is 334 g/mol. The largest absolute Gasteiger partial charge is 0.493 e. The summed E-state index contributed by atoms with van der Waals surface area (Å²) in [6.45, 7) is 4.08. The molecule has 1 amide bonds. The van der Waals surface area contributed by atoms with Crippen molar-refractivity contribution in [1.82, 2.24) is 14.9 Å². The minimum absolute atomic E-state index is 0.173. The van der Waals surface area contributed by atoms with E-state index in [2.05, 4.69) is 9.97 Å². The van der Waals surface area contributed by atoms with Gasteiger partial charge in [0.2, 0.25) is 5.91 Å². The standard InChI is InChI=1S/C16H20ClN3O4/c1-5-20(16(22)9(2)17)8-14-18-11-7-13(24-4)12(23-3)6-10(11)15(21)19-14/h6-7,9H,5,8H2,1-4H3,(H,18,19,21). The minimum atomic E-state index is -0.638. The molecule has 1 unspecified atom stereocenters. The van der Waals surface area contributed by atoms with Crippen molar-refractivity contribution < 1.29 is 14.3 Å². The average Bonchev–Trinajstić information content (AvgIpc) is 2.57.